The van der Waals surface area contributed by atoms with Crippen molar-refractivity contribution in [1.82, 2.24) is 0 Å². The van der Waals surface area contributed by atoms with Gasteiger partial charge in [0.1, 0.15) is 0 Å². The van der Waals surface area contributed by atoms with E-state index in [0.717, 1.165) is 53.2 Å². The van der Waals surface area contributed by atoms with Gasteiger partial charge in [-0.3, -0.25) is 4.99 Å². The summed E-state index contributed by atoms with van der Waals surface area (Å²) in [5.74, 6) is 2.18. The van der Waals surface area contributed by atoms with Crippen molar-refractivity contribution < 1.29 is 9.47 Å². The first kappa shape index (κ1) is 26.6. The lowest BCUT2D eigenvalue weighted by Gasteiger charge is -2.43. The van der Waals surface area contributed by atoms with Crippen molar-refractivity contribution in [2.24, 2.45) is 4.99 Å². The summed E-state index contributed by atoms with van der Waals surface area (Å²) in [6.45, 7) is 7.28. The van der Waals surface area contributed by atoms with Crippen LogP contribution in [0.15, 0.2) is 94.4 Å². The summed E-state index contributed by atoms with van der Waals surface area (Å²) in [6.07, 6.45) is 4.17. The van der Waals surface area contributed by atoms with Gasteiger partial charge in [-0.05, 0) is 94.7 Å². The molecule has 2 heterocycles. The second kappa shape index (κ2) is 11.9. The van der Waals surface area contributed by atoms with Gasteiger partial charge in [0.05, 0.1) is 23.4 Å². The standard InChI is InChI=1S/C35H35BrN2O2/c1-3-39-33-20-24(19-32(36)35(33)40-4-2)23-37-27-21-30-28(25-11-7-5-8-12-25)15-17-38-18-16-29(31(22-27)34(30)38)26-13-9-6-10-14-26/h5-14,19-23,28-29H,3-4,15-18H2,1-2H3. The summed E-state index contributed by atoms with van der Waals surface area (Å²) in [7, 11) is 0. The molecule has 2 unspecified atom stereocenters. The molecule has 40 heavy (non-hydrogen) atoms. The molecule has 0 saturated heterocycles. The maximum Gasteiger partial charge on any atom is 0.175 e. The van der Waals surface area contributed by atoms with Gasteiger partial charge in [0.15, 0.2) is 11.5 Å². The van der Waals surface area contributed by atoms with Crippen LogP contribution in [0, 0.1) is 0 Å². The van der Waals surface area contributed by atoms with Crippen LogP contribution in [0.5, 0.6) is 11.5 Å². The van der Waals surface area contributed by atoms with Gasteiger partial charge in [-0.15, -0.1) is 0 Å². The van der Waals surface area contributed by atoms with Crippen molar-refractivity contribution in [1.29, 1.82) is 0 Å². The summed E-state index contributed by atoms with van der Waals surface area (Å²) in [5.41, 5.74) is 8.92. The SMILES string of the molecule is CCOc1cc(C=Nc2cc3c4c(c2)C(c2ccccc2)CCN4CCC3c2ccccc2)cc(Br)c1OCC. The van der Waals surface area contributed by atoms with Crippen LogP contribution in [0.1, 0.15) is 66.3 Å². The summed E-state index contributed by atoms with van der Waals surface area (Å²) in [5, 5.41) is 0. The lowest BCUT2D eigenvalue weighted by Crippen LogP contribution is -2.37. The number of benzene rings is 4. The Hall–Kier alpha value is -3.57. The third kappa shape index (κ3) is 5.27. The Morgan fingerprint density at radius 3 is 1.93 bits per heavy atom. The van der Waals surface area contributed by atoms with Gasteiger partial charge in [0.25, 0.3) is 0 Å². The van der Waals surface area contributed by atoms with Crippen LogP contribution in [0.3, 0.4) is 0 Å². The van der Waals surface area contributed by atoms with Crippen LogP contribution in [0.4, 0.5) is 11.4 Å². The maximum atomic E-state index is 5.90. The van der Waals surface area contributed by atoms with E-state index in [9.17, 15) is 0 Å². The minimum absolute atomic E-state index is 0.361. The Morgan fingerprint density at radius 1 is 0.800 bits per heavy atom. The second-order valence-electron chi connectivity index (χ2n) is 10.4. The molecule has 0 fully saturated rings. The molecule has 4 aromatic carbocycles. The number of aliphatic imine (C=N–C) groups is 1. The Morgan fingerprint density at radius 2 is 1.38 bits per heavy atom. The monoisotopic (exact) mass is 594 g/mol. The molecule has 4 nitrogen and oxygen atoms in total. The molecule has 4 aromatic rings. The Kier molecular flexibility index (Phi) is 7.92. The zero-order valence-corrected chi connectivity index (χ0v) is 24.7. The molecule has 0 saturated carbocycles. The van der Waals surface area contributed by atoms with Gasteiger partial charge in [0.2, 0.25) is 0 Å². The molecule has 6 rings (SSSR count). The van der Waals surface area contributed by atoms with E-state index in [1.165, 1.54) is 27.9 Å². The van der Waals surface area contributed by atoms with E-state index in [0.29, 0.717) is 25.0 Å². The zero-order valence-electron chi connectivity index (χ0n) is 23.1. The third-order valence-corrected chi connectivity index (χ3v) is 8.57. The van der Waals surface area contributed by atoms with Gasteiger partial charge in [-0.2, -0.15) is 0 Å². The van der Waals surface area contributed by atoms with E-state index in [1.54, 1.807) is 0 Å². The van der Waals surface area contributed by atoms with E-state index < -0.39 is 0 Å². The summed E-state index contributed by atoms with van der Waals surface area (Å²) < 4.78 is 12.6. The van der Waals surface area contributed by atoms with E-state index in [2.05, 4.69) is 93.6 Å². The summed E-state index contributed by atoms with van der Waals surface area (Å²) >= 11 is 3.68. The lowest BCUT2D eigenvalue weighted by atomic mass is 9.76. The molecular formula is C35H35BrN2O2. The molecule has 2 atom stereocenters. The topological polar surface area (TPSA) is 34.1 Å². The number of nitrogens with zero attached hydrogens (tertiary/aromatic N) is 2. The van der Waals surface area contributed by atoms with E-state index >= 15 is 0 Å². The maximum absolute atomic E-state index is 5.90. The fourth-order valence-electron chi connectivity index (χ4n) is 6.27. The van der Waals surface area contributed by atoms with Gasteiger partial charge in [-0.1, -0.05) is 60.7 Å². The van der Waals surface area contributed by atoms with Crippen molar-refractivity contribution in [2.75, 3.05) is 31.2 Å². The molecule has 2 aliphatic rings. The molecule has 204 valence electrons. The highest BCUT2D eigenvalue weighted by Crippen LogP contribution is 2.50. The number of hydrogen-bond donors (Lipinski definition) is 0. The van der Waals surface area contributed by atoms with Crippen LogP contribution < -0.4 is 14.4 Å². The Labute approximate surface area is 245 Å². The van der Waals surface area contributed by atoms with Crippen molar-refractivity contribution in [3.05, 3.63) is 117 Å². The number of hydrogen-bond acceptors (Lipinski definition) is 4. The van der Waals surface area contributed by atoms with Crippen molar-refractivity contribution in [2.45, 2.75) is 38.5 Å². The fraction of sp³-hybridized carbons (Fsp3) is 0.286. The molecule has 2 aliphatic heterocycles. The molecule has 0 spiro atoms. The first-order chi connectivity index (χ1) is 19.7. The van der Waals surface area contributed by atoms with Crippen LogP contribution in [0.25, 0.3) is 0 Å². The van der Waals surface area contributed by atoms with E-state index in [1.807, 2.05) is 32.2 Å². The lowest BCUT2D eigenvalue weighted by molar-refractivity contribution is 0.286. The van der Waals surface area contributed by atoms with E-state index in [-0.39, 0.29) is 0 Å². The first-order valence-corrected chi connectivity index (χ1v) is 15.1. The second-order valence-corrected chi connectivity index (χ2v) is 11.3. The number of rotatable bonds is 8. The smallest absolute Gasteiger partial charge is 0.175 e. The predicted molar refractivity (Wildman–Crippen MR) is 168 cm³/mol. The number of halogens is 1. The largest absolute Gasteiger partial charge is 0.490 e. The van der Waals surface area contributed by atoms with Gasteiger partial charge in [0, 0.05) is 36.8 Å². The molecule has 0 amide bonds. The molecule has 0 aliphatic carbocycles. The van der Waals surface area contributed by atoms with Crippen LogP contribution in [-0.4, -0.2) is 32.5 Å². The highest BCUT2D eigenvalue weighted by molar-refractivity contribution is 9.10. The highest BCUT2D eigenvalue weighted by Gasteiger charge is 2.35. The number of ether oxygens (including phenoxy) is 2. The van der Waals surface area contributed by atoms with E-state index in [4.69, 9.17) is 14.5 Å². The summed E-state index contributed by atoms with van der Waals surface area (Å²) in [4.78, 5) is 7.66. The van der Waals surface area contributed by atoms with Crippen LogP contribution >= 0.6 is 15.9 Å². The minimum Gasteiger partial charge on any atom is -0.490 e. The molecule has 0 bridgehead atoms. The normalized spacial score (nSPS) is 18.0. The zero-order chi connectivity index (χ0) is 27.5. The molecule has 0 N–H and O–H groups in total. The fourth-order valence-corrected chi connectivity index (χ4v) is 6.85. The van der Waals surface area contributed by atoms with Gasteiger partial charge < -0.3 is 14.4 Å². The first-order valence-electron chi connectivity index (χ1n) is 14.3. The molecule has 0 aromatic heterocycles. The third-order valence-electron chi connectivity index (χ3n) is 7.98. The van der Waals surface area contributed by atoms with Crippen molar-refractivity contribution >= 4 is 33.5 Å². The Balaban J connectivity index is 1.46. The molecule has 5 heteroatoms. The molecule has 0 radical (unpaired) electrons. The average molecular weight is 596 g/mol. The van der Waals surface area contributed by atoms with Gasteiger partial charge >= 0.3 is 0 Å². The summed E-state index contributed by atoms with van der Waals surface area (Å²) in [6, 6.07) is 30.6. The van der Waals surface area contributed by atoms with Crippen LogP contribution in [0.2, 0.25) is 0 Å². The average Bonchev–Trinajstić information content (AvgIpc) is 2.99. The predicted octanol–water partition coefficient (Wildman–Crippen LogP) is 8.87. The minimum atomic E-state index is 0.361. The van der Waals surface area contributed by atoms with Crippen molar-refractivity contribution in [3.63, 3.8) is 0 Å². The molecular weight excluding hydrogens is 560 g/mol. The van der Waals surface area contributed by atoms with Crippen LogP contribution in [-0.2, 0) is 0 Å². The van der Waals surface area contributed by atoms with Gasteiger partial charge in [-0.25, -0.2) is 0 Å². The number of anilines is 1. The van der Waals surface area contributed by atoms with Crippen molar-refractivity contribution in [3.8, 4) is 11.5 Å². The highest BCUT2D eigenvalue weighted by atomic mass is 79.9. The Bertz CT molecular complexity index is 1430. The quantitative estimate of drug-likeness (QED) is 0.191.